The zero-order valence-corrected chi connectivity index (χ0v) is 13.2. The van der Waals surface area contributed by atoms with E-state index in [4.69, 9.17) is 0 Å². The molecule has 0 fully saturated rings. The first-order valence-corrected chi connectivity index (χ1v) is 8.53. The zero-order chi connectivity index (χ0) is 17.2. The number of hydrogen-bond donors (Lipinski definition) is 1. The van der Waals surface area contributed by atoms with Crippen molar-refractivity contribution in [3.05, 3.63) is 54.1 Å². The molecule has 2 heterocycles. The van der Waals surface area contributed by atoms with Gasteiger partial charge in [-0.25, -0.2) is 31.4 Å². The summed E-state index contributed by atoms with van der Waals surface area (Å²) in [6.07, 6.45) is 5.88. The van der Waals surface area contributed by atoms with Gasteiger partial charge in [0.25, 0.3) is 5.78 Å². The van der Waals surface area contributed by atoms with Crippen molar-refractivity contribution >= 4 is 15.8 Å². The van der Waals surface area contributed by atoms with Gasteiger partial charge in [-0.05, 0) is 36.6 Å². The highest BCUT2D eigenvalue weighted by Crippen LogP contribution is 2.13. The molecule has 126 valence electrons. The zero-order valence-electron chi connectivity index (χ0n) is 12.4. The molecule has 0 spiro atoms. The van der Waals surface area contributed by atoms with Crippen molar-refractivity contribution in [1.29, 1.82) is 0 Å². The molecule has 0 aliphatic rings. The highest BCUT2D eigenvalue weighted by molar-refractivity contribution is 7.89. The van der Waals surface area contributed by atoms with Crippen LogP contribution in [-0.4, -0.2) is 34.5 Å². The lowest BCUT2D eigenvalue weighted by atomic mass is 10.2. The Hall–Kier alpha value is -2.46. The molecule has 0 unspecified atom stereocenters. The fourth-order valence-corrected chi connectivity index (χ4v) is 3.20. The number of aryl methyl sites for hydroxylation is 1. The predicted octanol–water partition coefficient (Wildman–Crippen LogP) is 1.31. The molecule has 0 radical (unpaired) electrons. The van der Waals surface area contributed by atoms with Crippen LogP contribution in [-0.2, 0) is 16.4 Å². The van der Waals surface area contributed by atoms with Crippen molar-refractivity contribution in [2.75, 3.05) is 6.54 Å². The van der Waals surface area contributed by atoms with Crippen LogP contribution in [0, 0.1) is 11.6 Å². The highest BCUT2D eigenvalue weighted by Gasteiger charge is 2.15. The van der Waals surface area contributed by atoms with E-state index in [1.54, 1.807) is 12.4 Å². The number of nitrogens with zero attached hydrogens (tertiary/aromatic N) is 4. The van der Waals surface area contributed by atoms with Gasteiger partial charge in [-0.15, -0.1) is 0 Å². The number of nitrogens with one attached hydrogen (secondary N) is 1. The van der Waals surface area contributed by atoms with Gasteiger partial charge in [0.05, 0.1) is 4.90 Å². The van der Waals surface area contributed by atoms with Crippen LogP contribution in [0.3, 0.4) is 0 Å². The van der Waals surface area contributed by atoms with Crippen molar-refractivity contribution in [3.8, 4) is 0 Å². The summed E-state index contributed by atoms with van der Waals surface area (Å²) in [4.78, 5) is 7.72. The smallest absolute Gasteiger partial charge is 0.219 e. The minimum Gasteiger partial charge on any atom is -0.219 e. The van der Waals surface area contributed by atoms with E-state index in [1.807, 2.05) is 0 Å². The maximum absolute atomic E-state index is 13.1. The van der Waals surface area contributed by atoms with Crippen molar-refractivity contribution < 1.29 is 17.2 Å². The summed E-state index contributed by atoms with van der Waals surface area (Å²) in [5.74, 6) is -1.81. The van der Waals surface area contributed by atoms with Crippen LogP contribution in [0.5, 0.6) is 0 Å². The summed E-state index contributed by atoms with van der Waals surface area (Å²) >= 11 is 0. The number of hydrogen-bond acceptors (Lipinski definition) is 5. The molecule has 7 nitrogen and oxygen atoms in total. The summed E-state index contributed by atoms with van der Waals surface area (Å²) in [7, 11) is -3.88. The van der Waals surface area contributed by atoms with Gasteiger partial charge in [0.1, 0.15) is 6.33 Å². The van der Waals surface area contributed by atoms with E-state index in [1.165, 1.54) is 10.8 Å². The molecule has 0 aliphatic carbocycles. The SMILES string of the molecule is O=S(=O)(NCCCc1cnc2ncnn2c1)c1ccc(F)c(F)c1. The molecule has 0 amide bonds. The van der Waals surface area contributed by atoms with E-state index in [-0.39, 0.29) is 11.4 Å². The first kappa shape index (κ1) is 16.4. The van der Waals surface area contributed by atoms with E-state index in [0.29, 0.717) is 24.7 Å². The van der Waals surface area contributed by atoms with Crippen molar-refractivity contribution in [2.24, 2.45) is 0 Å². The Morgan fingerprint density at radius 2 is 2.00 bits per heavy atom. The van der Waals surface area contributed by atoms with Gasteiger partial charge in [0.15, 0.2) is 11.6 Å². The number of rotatable bonds is 6. The van der Waals surface area contributed by atoms with Crippen LogP contribution in [0.4, 0.5) is 8.78 Å². The van der Waals surface area contributed by atoms with E-state index in [0.717, 1.165) is 17.7 Å². The van der Waals surface area contributed by atoms with Gasteiger partial charge >= 0.3 is 0 Å². The monoisotopic (exact) mass is 353 g/mol. The maximum atomic E-state index is 13.1. The average Bonchev–Trinajstić information content (AvgIpc) is 3.02. The van der Waals surface area contributed by atoms with Gasteiger partial charge in [0, 0.05) is 18.9 Å². The van der Waals surface area contributed by atoms with Gasteiger partial charge in [0.2, 0.25) is 10.0 Å². The highest BCUT2D eigenvalue weighted by atomic mass is 32.2. The lowest BCUT2D eigenvalue weighted by molar-refractivity contribution is 0.504. The van der Waals surface area contributed by atoms with E-state index >= 15 is 0 Å². The second-order valence-electron chi connectivity index (χ2n) is 5.04. The molecule has 1 N–H and O–H groups in total. The van der Waals surface area contributed by atoms with E-state index in [9.17, 15) is 17.2 Å². The van der Waals surface area contributed by atoms with Crippen LogP contribution in [0.1, 0.15) is 12.0 Å². The number of benzene rings is 1. The Kier molecular flexibility index (Phi) is 4.49. The lowest BCUT2D eigenvalue weighted by Gasteiger charge is -2.07. The van der Waals surface area contributed by atoms with E-state index < -0.39 is 21.7 Å². The lowest BCUT2D eigenvalue weighted by Crippen LogP contribution is -2.25. The number of aromatic nitrogens is 4. The summed E-state index contributed by atoms with van der Waals surface area (Å²) in [5, 5.41) is 3.97. The summed E-state index contributed by atoms with van der Waals surface area (Å²) < 4.78 is 53.9. The second kappa shape index (κ2) is 6.57. The molecular formula is C14H13F2N5O2S. The average molecular weight is 353 g/mol. The number of halogens is 2. The number of sulfonamides is 1. The minimum absolute atomic E-state index is 0.150. The van der Waals surface area contributed by atoms with Crippen LogP contribution in [0.2, 0.25) is 0 Å². The van der Waals surface area contributed by atoms with Crippen molar-refractivity contribution in [1.82, 2.24) is 24.3 Å². The Balaban J connectivity index is 1.57. The molecule has 24 heavy (non-hydrogen) atoms. The van der Waals surface area contributed by atoms with Gasteiger partial charge in [-0.3, -0.25) is 0 Å². The Bertz CT molecular complexity index is 974. The molecule has 0 saturated carbocycles. The third-order valence-electron chi connectivity index (χ3n) is 3.32. The molecule has 2 aromatic heterocycles. The second-order valence-corrected chi connectivity index (χ2v) is 6.81. The summed E-state index contributed by atoms with van der Waals surface area (Å²) in [5.41, 5.74) is 0.875. The molecular weight excluding hydrogens is 340 g/mol. The van der Waals surface area contributed by atoms with Crippen LogP contribution >= 0.6 is 0 Å². The standard InChI is InChI=1S/C14H13F2N5O2S/c15-12-4-3-11(6-13(12)16)24(22,23)20-5-1-2-10-7-17-14-18-9-19-21(14)8-10/h3-4,6-9,20H,1-2,5H2. The van der Waals surface area contributed by atoms with Gasteiger partial charge in [-0.1, -0.05) is 0 Å². The molecule has 0 aliphatic heterocycles. The first-order valence-electron chi connectivity index (χ1n) is 7.05. The third-order valence-corrected chi connectivity index (χ3v) is 4.78. The van der Waals surface area contributed by atoms with Crippen LogP contribution in [0.25, 0.3) is 5.78 Å². The molecule has 0 bridgehead atoms. The van der Waals surface area contributed by atoms with Crippen molar-refractivity contribution in [3.63, 3.8) is 0 Å². The molecule has 1 aromatic carbocycles. The normalized spacial score (nSPS) is 11.9. The summed E-state index contributed by atoms with van der Waals surface area (Å²) in [6, 6.07) is 2.45. The quantitative estimate of drug-likeness (QED) is 0.675. The van der Waals surface area contributed by atoms with Crippen molar-refractivity contribution in [2.45, 2.75) is 17.7 Å². The molecule has 3 aromatic rings. The molecule has 3 rings (SSSR count). The molecule has 0 atom stereocenters. The maximum Gasteiger partial charge on any atom is 0.252 e. The number of fused-ring (bicyclic) bond motifs is 1. The van der Waals surface area contributed by atoms with Crippen LogP contribution < -0.4 is 4.72 Å². The Morgan fingerprint density at radius 1 is 1.17 bits per heavy atom. The summed E-state index contributed by atoms with van der Waals surface area (Å²) in [6.45, 7) is 0.150. The largest absolute Gasteiger partial charge is 0.252 e. The fourth-order valence-electron chi connectivity index (χ4n) is 2.11. The predicted molar refractivity (Wildman–Crippen MR) is 80.6 cm³/mol. The van der Waals surface area contributed by atoms with Gasteiger partial charge < -0.3 is 0 Å². The molecule has 10 heteroatoms. The Morgan fingerprint density at radius 3 is 2.79 bits per heavy atom. The van der Waals surface area contributed by atoms with E-state index in [2.05, 4.69) is 19.8 Å². The van der Waals surface area contributed by atoms with Crippen LogP contribution in [0.15, 0.2) is 41.8 Å². The Labute approximate surface area is 136 Å². The van der Waals surface area contributed by atoms with Gasteiger partial charge in [-0.2, -0.15) is 10.1 Å². The topological polar surface area (TPSA) is 89.2 Å². The molecule has 0 saturated heterocycles. The first-order chi connectivity index (χ1) is 11.5. The third kappa shape index (κ3) is 3.54. The fraction of sp³-hybridized carbons (Fsp3) is 0.214. The minimum atomic E-state index is -3.88.